The summed E-state index contributed by atoms with van der Waals surface area (Å²) in [6, 6.07) is 8.26. The van der Waals surface area contributed by atoms with Gasteiger partial charge in [-0.25, -0.2) is 0 Å². The van der Waals surface area contributed by atoms with E-state index >= 15 is 0 Å². The average molecular weight is 261 g/mol. The Morgan fingerprint density at radius 2 is 1.74 bits per heavy atom. The van der Waals surface area contributed by atoms with E-state index in [9.17, 15) is 15.0 Å². The fraction of sp³-hybridized carbons (Fsp3) is 0.533. The normalized spacial score (nSPS) is 30.2. The number of β-amino-alcohol motifs (C(OH)–C–C–N with tert-alkyl or cyclic N) is 2. The molecule has 0 spiro atoms. The van der Waals surface area contributed by atoms with Crippen molar-refractivity contribution in [3.63, 3.8) is 0 Å². The van der Waals surface area contributed by atoms with Crippen LogP contribution in [0.25, 0.3) is 0 Å². The van der Waals surface area contributed by atoms with Crippen LogP contribution in [0.5, 0.6) is 0 Å². The number of amides is 1. The van der Waals surface area contributed by atoms with Crippen LogP contribution in [0.1, 0.15) is 17.5 Å². The number of carbonyl (C=O) groups excluding carboxylic acids is 1. The number of aryl methyl sites for hydroxylation is 1. The molecule has 1 aliphatic heterocycles. The number of carbonyl (C=O) groups is 1. The standard InChI is InChI=1S/C15H19NO3/c17-13-8-16(9-14(13)18)15(19)12-6-5-10-3-1-2-4-11(10)7-12/h1-4,12-14,17-18H,5-9H2. The fourth-order valence-corrected chi connectivity index (χ4v) is 3.12. The summed E-state index contributed by atoms with van der Waals surface area (Å²) >= 11 is 0. The minimum atomic E-state index is -0.792. The summed E-state index contributed by atoms with van der Waals surface area (Å²) in [6.07, 6.45) is 0.988. The largest absolute Gasteiger partial charge is 0.388 e. The van der Waals surface area contributed by atoms with Gasteiger partial charge in [-0.05, 0) is 30.4 Å². The maximum atomic E-state index is 12.4. The van der Waals surface area contributed by atoms with Crippen LogP contribution in [0, 0.1) is 5.92 Å². The van der Waals surface area contributed by atoms with E-state index in [1.165, 1.54) is 11.1 Å². The molecule has 1 saturated heterocycles. The van der Waals surface area contributed by atoms with E-state index < -0.39 is 12.2 Å². The lowest BCUT2D eigenvalue weighted by Gasteiger charge is -2.27. The molecule has 3 unspecified atom stereocenters. The summed E-state index contributed by atoms with van der Waals surface area (Å²) < 4.78 is 0. The molecule has 0 radical (unpaired) electrons. The monoisotopic (exact) mass is 261 g/mol. The summed E-state index contributed by atoms with van der Waals surface area (Å²) in [5, 5.41) is 19.1. The Bertz CT molecular complexity index is 478. The van der Waals surface area contributed by atoms with Crippen molar-refractivity contribution in [1.29, 1.82) is 0 Å². The molecule has 2 aliphatic rings. The molecular formula is C15H19NO3. The molecule has 0 saturated carbocycles. The fourth-order valence-electron chi connectivity index (χ4n) is 3.12. The third-order valence-electron chi connectivity index (χ3n) is 4.27. The van der Waals surface area contributed by atoms with Crippen LogP contribution < -0.4 is 0 Å². The average Bonchev–Trinajstić information content (AvgIpc) is 2.77. The molecule has 4 heteroatoms. The van der Waals surface area contributed by atoms with Gasteiger partial charge < -0.3 is 15.1 Å². The zero-order valence-electron chi connectivity index (χ0n) is 10.8. The van der Waals surface area contributed by atoms with Crippen LogP contribution in [0.2, 0.25) is 0 Å². The van der Waals surface area contributed by atoms with Crippen LogP contribution in [-0.2, 0) is 17.6 Å². The van der Waals surface area contributed by atoms with Gasteiger partial charge in [0.25, 0.3) is 0 Å². The first-order chi connectivity index (χ1) is 9.15. The van der Waals surface area contributed by atoms with Crippen molar-refractivity contribution in [3.8, 4) is 0 Å². The lowest BCUT2D eigenvalue weighted by molar-refractivity contribution is -0.135. The summed E-state index contributed by atoms with van der Waals surface area (Å²) in [6.45, 7) is 0.524. The quantitative estimate of drug-likeness (QED) is 0.767. The van der Waals surface area contributed by atoms with Gasteiger partial charge in [-0.2, -0.15) is 0 Å². The molecule has 4 nitrogen and oxygen atoms in total. The van der Waals surface area contributed by atoms with Gasteiger partial charge in [-0.1, -0.05) is 24.3 Å². The van der Waals surface area contributed by atoms with E-state index in [0.29, 0.717) is 0 Å². The number of hydrogen-bond donors (Lipinski definition) is 2. The maximum Gasteiger partial charge on any atom is 0.226 e. The van der Waals surface area contributed by atoms with E-state index in [1.54, 1.807) is 4.90 Å². The maximum absolute atomic E-state index is 12.4. The molecule has 3 atom stereocenters. The Morgan fingerprint density at radius 1 is 1.11 bits per heavy atom. The first kappa shape index (κ1) is 12.6. The van der Waals surface area contributed by atoms with Gasteiger partial charge in [0, 0.05) is 19.0 Å². The zero-order chi connectivity index (χ0) is 13.4. The number of likely N-dealkylation sites (tertiary alicyclic amines) is 1. The predicted octanol–water partition coefficient (Wildman–Crippen LogP) is 0.356. The topological polar surface area (TPSA) is 60.8 Å². The van der Waals surface area contributed by atoms with Crippen LogP contribution in [0.4, 0.5) is 0 Å². The Balaban J connectivity index is 1.70. The SMILES string of the molecule is O=C(C1CCc2ccccc2C1)N1CC(O)C(O)C1. The molecule has 1 amide bonds. The molecule has 0 bridgehead atoms. The third-order valence-corrected chi connectivity index (χ3v) is 4.27. The molecule has 1 aromatic rings. The van der Waals surface area contributed by atoms with Crippen molar-refractivity contribution in [1.82, 2.24) is 4.90 Å². The van der Waals surface area contributed by atoms with Crippen LogP contribution >= 0.6 is 0 Å². The summed E-state index contributed by atoms with van der Waals surface area (Å²) in [4.78, 5) is 14.0. The number of rotatable bonds is 1. The molecule has 1 aromatic carbocycles. The Kier molecular flexibility index (Phi) is 3.29. The zero-order valence-corrected chi connectivity index (χ0v) is 10.8. The molecule has 1 aliphatic carbocycles. The van der Waals surface area contributed by atoms with Gasteiger partial charge in [0.1, 0.15) is 0 Å². The van der Waals surface area contributed by atoms with Gasteiger partial charge in [0.15, 0.2) is 0 Å². The first-order valence-corrected chi connectivity index (χ1v) is 6.87. The highest BCUT2D eigenvalue weighted by molar-refractivity contribution is 5.80. The van der Waals surface area contributed by atoms with E-state index in [1.807, 2.05) is 12.1 Å². The van der Waals surface area contributed by atoms with Gasteiger partial charge in [-0.3, -0.25) is 4.79 Å². The number of nitrogens with zero attached hydrogens (tertiary/aromatic N) is 1. The molecule has 102 valence electrons. The van der Waals surface area contributed by atoms with Crippen LogP contribution in [0.3, 0.4) is 0 Å². The van der Waals surface area contributed by atoms with Crippen LogP contribution in [0.15, 0.2) is 24.3 Å². The van der Waals surface area contributed by atoms with Crippen molar-refractivity contribution in [2.24, 2.45) is 5.92 Å². The summed E-state index contributed by atoms with van der Waals surface area (Å²) in [5.74, 6) is 0.0671. The van der Waals surface area contributed by atoms with E-state index in [4.69, 9.17) is 0 Å². The molecule has 1 heterocycles. The van der Waals surface area contributed by atoms with E-state index in [0.717, 1.165) is 19.3 Å². The second-order valence-corrected chi connectivity index (χ2v) is 5.59. The Hall–Kier alpha value is -1.39. The Labute approximate surface area is 112 Å². The minimum absolute atomic E-state index is 0.00704. The van der Waals surface area contributed by atoms with Crippen molar-refractivity contribution in [2.45, 2.75) is 31.5 Å². The smallest absolute Gasteiger partial charge is 0.226 e. The number of aliphatic hydroxyl groups is 2. The second kappa shape index (κ2) is 4.94. The lowest BCUT2D eigenvalue weighted by atomic mass is 9.83. The number of fused-ring (bicyclic) bond motifs is 1. The van der Waals surface area contributed by atoms with E-state index in [2.05, 4.69) is 12.1 Å². The van der Waals surface area contributed by atoms with Gasteiger partial charge in [-0.15, -0.1) is 0 Å². The molecule has 3 rings (SSSR count). The highest BCUT2D eigenvalue weighted by Crippen LogP contribution is 2.27. The summed E-state index contributed by atoms with van der Waals surface area (Å²) in [5.41, 5.74) is 2.60. The molecule has 2 N–H and O–H groups in total. The number of hydrogen-bond acceptors (Lipinski definition) is 3. The van der Waals surface area contributed by atoms with Crippen molar-refractivity contribution >= 4 is 5.91 Å². The third kappa shape index (κ3) is 2.38. The molecule has 19 heavy (non-hydrogen) atoms. The molecule has 0 aromatic heterocycles. The van der Waals surface area contributed by atoms with Crippen molar-refractivity contribution in [2.75, 3.05) is 13.1 Å². The molecule has 1 fully saturated rings. The van der Waals surface area contributed by atoms with Gasteiger partial charge in [0.05, 0.1) is 12.2 Å². The lowest BCUT2D eigenvalue weighted by Crippen LogP contribution is -2.37. The highest BCUT2D eigenvalue weighted by Gasteiger charge is 2.36. The predicted molar refractivity (Wildman–Crippen MR) is 70.6 cm³/mol. The van der Waals surface area contributed by atoms with E-state index in [-0.39, 0.29) is 24.9 Å². The van der Waals surface area contributed by atoms with Gasteiger partial charge >= 0.3 is 0 Å². The highest BCUT2D eigenvalue weighted by atomic mass is 16.3. The molecular weight excluding hydrogens is 242 g/mol. The van der Waals surface area contributed by atoms with Crippen molar-refractivity contribution in [3.05, 3.63) is 35.4 Å². The van der Waals surface area contributed by atoms with Crippen molar-refractivity contribution < 1.29 is 15.0 Å². The van der Waals surface area contributed by atoms with Gasteiger partial charge in [0.2, 0.25) is 5.91 Å². The first-order valence-electron chi connectivity index (χ1n) is 6.87. The summed E-state index contributed by atoms with van der Waals surface area (Å²) in [7, 11) is 0. The van der Waals surface area contributed by atoms with Crippen LogP contribution in [-0.4, -0.2) is 46.3 Å². The Morgan fingerprint density at radius 3 is 2.42 bits per heavy atom. The second-order valence-electron chi connectivity index (χ2n) is 5.59. The number of aliphatic hydroxyl groups excluding tert-OH is 2. The number of benzene rings is 1. The minimum Gasteiger partial charge on any atom is -0.388 e.